The first-order chi connectivity index (χ1) is 12.2. The van der Waals surface area contributed by atoms with Crippen molar-refractivity contribution in [2.75, 3.05) is 13.6 Å². The van der Waals surface area contributed by atoms with Crippen LogP contribution < -0.4 is 4.74 Å². The molecule has 2 aromatic carbocycles. The number of nitrogens with zero attached hydrogens (tertiary/aromatic N) is 2. The Morgan fingerprint density at radius 2 is 1.92 bits per heavy atom. The molecule has 0 fully saturated rings. The first-order valence-corrected chi connectivity index (χ1v) is 8.06. The Balaban J connectivity index is 2.28. The highest BCUT2D eigenvalue weighted by Gasteiger charge is 2.31. The Morgan fingerprint density at radius 1 is 1.19 bits per heavy atom. The van der Waals surface area contributed by atoms with Crippen molar-refractivity contribution in [1.82, 2.24) is 4.90 Å². The molecular weight excluding hydrogens is 348 g/mol. The van der Waals surface area contributed by atoms with Crippen molar-refractivity contribution in [2.24, 2.45) is 4.99 Å². The Kier molecular flexibility index (Phi) is 6.23. The Bertz CT molecular complexity index is 788. The Morgan fingerprint density at radius 3 is 2.58 bits per heavy atom. The molecular formula is C19H20F4N2O. The standard InChI is InChI=1S/C19H20F4N2O/c1-4-25(3)12-24-18-11-16(20)10-15(13(18)2)8-14-6-5-7-17(9-14)26-19(21,22)23/h5-7,9-12H,4,8H2,1-3H3/b24-12+. The van der Waals surface area contributed by atoms with E-state index in [2.05, 4.69) is 9.73 Å². The second-order valence-corrected chi connectivity index (χ2v) is 5.90. The quantitative estimate of drug-likeness (QED) is 0.396. The minimum Gasteiger partial charge on any atom is -0.406 e. The monoisotopic (exact) mass is 368 g/mol. The number of aliphatic imine (C=N–C) groups is 1. The van der Waals surface area contributed by atoms with Crippen molar-refractivity contribution < 1.29 is 22.3 Å². The molecule has 0 atom stereocenters. The van der Waals surface area contributed by atoms with Gasteiger partial charge in [0.1, 0.15) is 11.6 Å². The fourth-order valence-electron chi connectivity index (χ4n) is 2.35. The minimum absolute atomic E-state index is 0.269. The average molecular weight is 368 g/mol. The van der Waals surface area contributed by atoms with Gasteiger partial charge in [-0.15, -0.1) is 13.2 Å². The van der Waals surface area contributed by atoms with E-state index in [4.69, 9.17) is 0 Å². The number of benzene rings is 2. The van der Waals surface area contributed by atoms with Gasteiger partial charge < -0.3 is 9.64 Å². The summed E-state index contributed by atoms with van der Waals surface area (Å²) >= 11 is 0. The first kappa shape index (κ1) is 19.8. The molecule has 3 nitrogen and oxygen atoms in total. The first-order valence-electron chi connectivity index (χ1n) is 8.06. The number of hydrogen-bond donors (Lipinski definition) is 0. The van der Waals surface area contributed by atoms with Gasteiger partial charge in [0.2, 0.25) is 0 Å². The lowest BCUT2D eigenvalue weighted by atomic mass is 9.99. The van der Waals surface area contributed by atoms with Gasteiger partial charge in [-0.25, -0.2) is 9.38 Å². The molecule has 0 aliphatic carbocycles. The van der Waals surface area contributed by atoms with Gasteiger partial charge in [0.15, 0.2) is 0 Å². The minimum atomic E-state index is -4.75. The van der Waals surface area contributed by atoms with E-state index in [1.807, 2.05) is 25.8 Å². The molecule has 0 bridgehead atoms. The largest absolute Gasteiger partial charge is 0.573 e. The van der Waals surface area contributed by atoms with Crippen molar-refractivity contribution in [3.8, 4) is 5.75 Å². The number of alkyl halides is 3. The van der Waals surface area contributed by atoms with Crippen LogP contribution in [0.3, 0.4) is 0 Å². The van der Waals surface area contributed by atoms with E-state index in [9.17, 15) is 17.6 Å². The highest BCUT2D eigenvalue weighted by Crippen LogP contribution is 2.28. The van der Waals surface area contributed by atoms with Gasteiger partial charge >= 0.3 is 6.36 Å². The highest BCUT2D eigenvalue weighted by atomic mass is 19.4. The third-order valence-corrected chi connectivity index (χ3v) is 3.87. The fraction of sp³-hybridized carbons (Fsp3) is 0.316. The number of ether oxygens (including phenoxy) is 1. The van der Waals surface area contributed by atoms with Crippen LogP contribution in [0.4, 0.5) is 23.2 Å². The molecule has 0 spiro atoms. The van der Waals surface area contributed by atoms with Crippen molar-refractivity contribution in [1.29, 1.82) is 0 Å². The molecule has 0 amide bonds. The molecule has 2 aromatic rings. The predicted molar refractivity (Wildman–Crippen MR) is 93.5 cm³/mol. The van der Waals surface area contributed by atoms with E-state index in [-0.39, 0.29) is 12.2 Å². The number of rotatable bonds is 6. The molecule has 26 heavy (non-hydrogen) atoms. The van der Waals surface area contributed by atoms with E-state index < -0.39 is 12.2 Å². The SMILES string of the molecule is CCN(C)/C=N/c1cc(F)cc(Cc2cccc(OC(F)(F)F)c2)c1C. The summed E-state index contributed by atoms with van der Waals surface area (Å²) in [5.41, 5.74) is 2.50. The lowest BCUT2D eigenvalue weighted by molar-refractivity contribution is -0.274. The number of halogens is 4. The lowest BCUT2D eigenvalue weighted by Gasteiger charge is -2.13. The number of hydrogen-bond acceptors (Lipinski definition) is 2. The fourth-order valence-corrected chi connectivity index (χ4v) is 2.35. The van der Waals surface area contributed by atoms with Crippen LogP contribution in [0.5, 0.6) is 5.75 Å². The van der Waals surface area contributed by atoms with Crippen LogP contribution in [0, 0.1) is 12.7 Å². The topological polar surface area (TPSA) is 24.8 Å². The van der Waals surface area contributed by atoms with Gasteiger partial charge in [0.25, 0.3) is 0 Å². The van der Waals surface area contributed by atoms with Crippen LogP contribution in [-0.2, 0) is 6.42 Å². The molecule has 0 aromatic heterocycles. The molecule has 0 radical (unpaired) electrons. The maximum absolute atomic E-state index is 14.0. The summed E-state index contributed by atoms with van der Waals surface area (Å²) in [7, 11) is 1.85. The molecule has 0 N–H and O–H groups in total. The van der Waals surface area contributed by atoms with Gasteiger partial charge in [-0.05, 0) is 61.2 Å². The average Bonchev–Trinajstić information content (AvgIpc) is 2.55. The predicted octanol–water partition coefficient (Wildman–Crippen LogP) is 5.24. The third kappa shape index (κ3) is 5.75. The van der Waals surface area contributed by atoms with Crippen LogP contribution in [0.1, 0.15) is 23.6 Å². The third-order valence-electron chi connectivity index (χ3n) is 3.87. The zero-order valence-electron chi connectivity index (χ0n) is 14.8. The molecule has 140 valence electrons. The maximum atomic E-state index is 14.0. The summed E-state index contributed by atoms with van der Waals surface area (Å²) in [6.07, 6.45) is -2.87. The Hall–Kier alpha value is -2.57. The van der Waals surface area contributed by atoms with E-state index in [0.29, 0.717) is 16.8 Å². The van der Waals surface area contributed by atoms with Crippen molar-refractivity contribution >= 4 is 12.0 Å². The second kappa shape index (κ2) is 8.21. The molecule has 0 saturated carbocycles. The van der Waals surface area contributed by atoms with Crippen molar-refractivity contribution in [3.05, 3.63) is 58.9 Å². The molecule has 0 unspecified atom stereocenters. The van der Waals surface area contributed by atoms with Gasteiger partial charge in [0.05, 0.1) is 12.0 Å². The summed E-state index contributed by atoms with van der Waals surface area (Å²) in [5.74, 6) is -0.744. The summed E-state index contributed by atoms with van der Waals surface area (Å²) in [4.78, 5) is 6.14. The highest BCUT2D eigenvalue weighted by molar-refractivity contribution is 5.64. The van der Waals surface area contributed by atoms with Gasteiger partial charge in [-0.3, -0.25) is 0 Å². The molecule has 0 aliphatic heterocycles. The van der Waals surface area contributed by atoms with Crippen LogP contribution in [0.15, 0.2) is 41.4 Å². The molecule has 0 saturated heterocycles. The van der Waals surface area contributed by atoms with Crippen LogP contribution in [0.2, 0.25) is 0 Å². The van der Waals surface area contributed by atoms with Gasteiger partial charge in [-0.2, -0.15) is 0 Å². The van der Waals surface area contributed by atoms with E-state index in [1.165, 1.54) is 30.3 Å². The second-order valence-electron chi connectivity index (χ2n) is 5.90. The summed E-state index contributed by atoms with van der Waals surface area (Å²) < 4.78 is 55.0. The van der Waals surface area contributed by atoms with Crippen LogP contribution >= 0.6 is 0 Å². The smallest absolute Gasteiger partial charge is 0.406 e. The molecule has 2 rings (SSSR count). The summed E-state index contributed by atoms with van der Waals surface area (Å²) in [5, 5.41) is 0. The van der Waals surface area contributed by atoms with Gasteiger partial charge in [0, 0.05) is 13.6 Å². The molecule has 0 aliphatic rings. The Labute approximate surface area is 149 Å². The van der Waals surface area contributed by atoms with Crippen molar-refractivity contribution in [3.63, 3.8) is 0 Å². The van der Waals surface area contributed by atoms with Gasteiger partial charge in [-0.1, -0.05) is 12.1 Å². The normalized spacial score (nSPS) is 11.8. The zero-order valence-corrected chi connectivity index (χ0v) is 14.8. The lowest BCUT2D eigenvalue weighted by Crippen LogP contribution is -2.17. The van der Waals surface area contributed by atoms with E-state index in [1.54, 1.807) is 12.4 Å². The maximum Gasteiger partial charge on any atom is 0.573 e. The van der Waals surface area contributed by atoms with Crippen LogP contribution in [-0.4, -0.2) is 31.2 Å². The van der Waals surface area contributed by atoms with E-state index in [0.717, 1.165) is 12.1 Å². The summed E-state index contributed by atoms with van der Waals surface area (Å²) in [6, 6.07) is 8.37. The zero-order chi connectivity index (χ0) is 19.3. The van der Waals surface area contributed by atoms with Crippen molar-refractivity contribution in [2.45, 2.75) is 26.6 Å². The molecule has 7 heteroatoms. The van der Waals surface area contributed by atoms with Crippen LogP contribution in [0.25, 0.3) is 0 Å². The van der Waals surface area contributed by atoms with E-state index >= 15 is 0 Å². The summed E-state index contributed by atoms with van der Waals surface area (Å²) in [6.45, 7) is 4.53. The molecule has 0 heterocycles.